The molecule has 0 aliphatic heterocycles. The van der Waals surface area contributed by atoms with Crippen LogP contribution >= 0.6 is 0 Å². The van der Waals surface area contributed by atoms with Gasteiger partial charge in [0.25, 0.3) is 0 Å². The molecule has 0 heterocycles. The summed E-state index contributed by atoms with van der Waals surface area (Å²) < 4.78 is 4.35. The molecule has 12 heteroatoms. The highest BCUT2D eigenvalue weighted by atomic mass is 16.5. The van der Waals surface area contributed by atoms with Gasteiger partial charge in [-0.3, -0.25) is 14.4 Å². The molecular formula is C19H33N5O7. The van der Waals surface area contributed by atoms with E-state index in [-0.39, 0.29) is 19.4 Å². The van der Waals surface area contributed by atoms with Crippen LogP contribution in [0.2, 0.25) is 0 Å². The van der Waals surface area contributed by atoms with Crippen molar-refractivity contribution in [2.45, 2.75) is 57.2 Å². The molecule has 0 saturated heterocycles. The topological polar surface area (TPSA) is 203 Å². The van der Waals surface area contributed by atoms with Crippen molar-refractivity contribution in [3.8, 4) is 0 Å². The fraction of sp³-hybridized carbons (Fsp3) is 0.632. The molecule has 0 fully saturated rings. The molecule has 31 heavy (non-hydrogen) atoms. The van der Waals surface area contributed by atoms with E-state index < -0.39 is 47.8 Å². The van der Waals surface area contributed by atoms with Gasteiger partial charge in [-0.25, -0.2) is 9.59 Å². The second kappa shape index (κ2) is 15.8. The molecule has 0 aromatic heterocycles. The van der Waals surface area contributed by atoms with E-state index in [1.165, 1.54) is 0 Å². The third-order valence-electron chi connectivity index (χ3n) is 4.18. The number of unbranched alkanes of at least 4 members (excludes halogenated alkanes) is 1. The zero-order chi connectivity index (χ0) is 23.8. The number of amides is 3. The molecule has 0 radical (unpaired) electrons. The maximum atomic E-state index is 12.5. The molecule has 0 aromatic rings. The van der Waals surface area contributed by atoms with Crippen LogP contribution < -0.4 is 27.4 Å². The smallest absolute Gasteiger partial charge is 0.330 e. The number of rotatable bonds is 15. The number of carbonyl (C=O) groups excluding carboxylic acids is 4. The minimum atomic E-state index is -1.17. The second-order valence-corrected chi connectivity index (χ2v) is 6.74. The summed E-state index contributed by atoms with van der Waals surface area (Å²) in [5, 5.41) is 16.5. The lowest BCUT2D eigenvalue weighted by atomic mass is 10.1. The van der Waals surface area contributed by atoms with Crippen molar-refractivity contribution in [3.05, 3.63) is 12.2 Å². The van der Waals surface area contributed by atoms with Crippen molar-refractivity contribution < 1.29 is 33.8 Å². The van der Waals surface area contributed by atoms with Gasteiger partial charge < -0.3 is 37.3 Å². The van der Waals surface area contributed by atoms with Gasteiger partial charge in [0.05, 0.1) is 7.11 Å². The predicted octanol–water partition coefficient (Wildman–Crippen LogP) is -1.86. The molecule has 0 rings (SSSR count). The summed E-state index contributed by atoms with van der Waals surface area (Å²) in [6, 6.07) is -3.23. The average Bonchev–Trinajstić information content (AvgIpc) is 2.74. The maximum absolute atomic E-state index is 12.5. The van der Waals surface area contributed by atoms with Crippen LogP contribution in [0.1, 0.15) is 39.0 Å². The number of hydrogen-bond donors (Lipinski definition) is 6. The van der Waals surface area contributed by atoms with E-state index in [4.69, 9.17) is 11.5 Å². The lowest BCUT2D eigenvalue weighted by molar-refractivity contribution is -0.142. The number of hydrogen-bond acceptors (Lipinski definition) is 8. The van der Waals surface area contributed by atoms with E-state index in [0.717, 1.165) is 19.3 Å². The Morgan fingerprint density at radius 2 is 1.65 bits per heavy atom. The van der Waals surface area contributed by atoms with E-state index in [9.17, 15) is 29.1 Å². The first-order valence-corrected chi connectivity index (χ1v) is 9.99. The lowest BCUT2D eigenvalue weighted by Gasteiger charge is -2.22. The Labute approximate surface area is 181 Å². The van der Waals surface area contributed by atoms with E-state index in [1.54, 1.807) is 6.92 Å². The van der Waals surface area contributed by atoms with Crippen molar-refractivity contribution in [1.82, 2.24) is 16.0 Å². The standard InChI is InChI=1S/C19H33N5O7/c1-3-6-13(18(28)24-14(19(29)30)7-4-5-10-20)23-17(27)12(21)11-22-15(25)8-9-16(26)31-2/h8-9,12-14H,3-7,10-11,20-21H2,1-2H3,(H,22,25)(H,23,27)(H,24,28)(H,29,30)/b9-8+. The molecule has 0 aliphatic rings. The number of nitrogens with one attached hydrogen (secondary N) is 3. The van der Waals surface area contributed by atoms with Gasteiger partial charge in [-0.15, -0.1) is 0 Å². The Morgan fingerprint density at radius 1 is 1.00 bits per heavy atom. The Hall–Kier alpha value is -2.99. The number of esters is 1. The van der Waals surface area contributed by atoms with Gasteiger partial charge in [0.15, 0.2) is 0 Å². The highest BCUT2D eigenvalue weighted by Gasteiger charge is 2.27. The van der Waals surface area contributed by atoms with E-state index in [2.05, 4.69) is 20.7 Å². The summed E-state index contributed by atoms with van der Waals surface area (Å²) in [4.78, 5) is 58.7. The first-order valence-electron chi connectivity index (χ1n) is 9.99. The van der Waals surface area contributed by atoms with Crippen molar-refractivity contribution in [2.75, 3.05) is 20.2 Å². The van der Waals surface area contributed by atoms with Gasteiger partial charge in [-0.05, 0) is 32.2 Å². The summed E-state index contributed by atoms with van der Waals surface area (Å²) in [5.74, 6) is -3.87. The Balaban J connectivity index is 4.80. The van der Waals surface area contributed by atoms with Crippen LogP contribution in [0.4, 0.5) is 0 Å². The van der Waals surface area contributed by atoms with Gasteiger partial charge in [0.1, 0.15) is 18.1 Å². The summed E-state index contributed by atoms with van der Waals surface area (Å²) in [7, 11) is 1.16. The quantitative estimate of drug-likeness (QED) is 0.0953. The summed E-state index contributed by atoms with van der Waals surface area (Å²) in [6.45, 7) is 1.98. The molecular weight excluding hydrogens is 410 g/mol. The zero-order valence-electron chi connectivity index (χ0n) is 17.9. The third-order valence-corrected chi connectivity index (χ3v) is 4.18. The van der Waals surface area contributed by atoms with Gasteiger partial charge in [-0.2, -0.15) is 0 Å². The number of carboxylic acids is 1. The molecule has 3 unspecified atom stereocenters. The van der Waals surface area contributed by atoms with E-state index in [0.29, 0.717) is 25.8 Å². The molecule has 176 valence electrons. The minimum absolute atomic E-state index is 0.218. The largest absolute Gasteiger partial charge is 0.480 e. The van der Waals surface area contributed by atoms with Crippen molar-refractivity contribution in [1.29, 1.82) is 0 Å². The summed E-state index contributed by atoms with van der Waals surface area (Å²) in [5.41, 5.74) is 11.1. The average molecular weight is 444 g/mol. The number of carbonyl (C=O) groups is 5. The predicted molar refractivity (Wildman–Crippen MR) is 111 cm³/mol. The van der Waals surface area contributed by atoms with Crippen molar-refractivity contribution in [3.63, 3.8) is 0 Å². The van der Waals surface area contributed by atoms with E-state index in [1.807, 2.05) is 0 Å². The van der Waals surface area contributed by atoms with Crippen LogP contribution in [0.25, 0.3) is 0 Å². The summed E-state index contributed by atoms with van der Waals surface area (Å²) >= 11 is 0. The number of nitrogens with two attached hydrogens (primary N) is 2. The first-order chi connectivity index (χ1) is 14.7. The molecule has 0 bridgehead atoms. The second-order valence-electron chi connectivity index (χ2n) is 6.74. The van der Waals surface area contributed by atoms with Crippen LogP contribution in [0.5, 0.6) is 0 Å². The lowest BCUT2D eigenvalue weighted by Crippen LogP contribution is -2.56. The van der Waals surface area contributed by atoms with Crippen LogP contribution in [-0.4, -0.2) is 73.1 Å². The molecule has 0 aromatic carbocycles. The van der Waals surface area contributed by atoms with Crippen molar-refractivity contribution >= 4 is 29.7 Å². The molecule has 0 aliphatic carbocycles. The normalized spacial score (nSPS) is 13.7. The third kappa shape index (κ3) is 12.3. The molecule has 8 N–H and O–H groups in total. The van der Waals surface area contributed by atoms with Gasteiger partial charge in [0.2, 0.25) is 17.7 Å². The van der Waals surface area contributed by atoms with Crippen LogP contribution in [-0.2, 0) is 28.7 Å². The fourth-order valence-corrected chi connectivity index (χ4v) is 2.43. The monoisotopic (exact) mass is 443 g/mol. The van der Waals surface area contributed by atoms with Crippen molar-refractivity contribution in [2.24, 2.45) is 11.5 Å². The number of methoxy groups -OCH3 is 1. The Kier molecular flexibility index (Phi) is 14.3. The number of aliphatic carboxylic acids is 1. The summed E-state index contributed by atoms with van der Waals surface area (Å²) in [6.07, 6.45) is 4.05. The molecule has 3 atom stereocenters. The van der Waals surface area contributed by atoms with Crippen LogP contribution in [0.3, 0.4) is 0 Å². The van der Waals surface area contributed by atoms with Gasteiger partial charge in [-0.1, -0.05) is 13.3 Å². The SMILES string of the molecule is CCCC(NC(=O)C(N)CNC(=O)/C=C/C(=O)OC)C(=O)NC(CCCCN)C(=O)O. The fourth-order valence-electron chi connectivity index (χ4n) is 2.43. The molecule has 12 nitrogen and oxygen atoms in total. The molecule has 3 amide bonds. The first kappa shape index (κ1) is 28.0. The van der Waals surface area contributed by atoms with Gasteiger partial charge in [0, 0.05) is 18.7 Å². The number of ether oxygens (including phenoxy) is 1. The Morgan fingerprint density at radius 3 is 2.19 bits per heavy atom. The highest BCUT2D eigenvalue weighted by Crippen LogP contribution is 2.04. The maximum Gasteiger partial charge on any atom is 0.330 e. The van der Waals surface area contributed by atoms with Crippen LogP contribution in [0, 0.1) is 0 Å². The number of carboxylic acid groups (broad SMARTS) is 1. The highest BCUT2D eigenvalue weighted by molar-refractivity contribution is 5.95. The Bertz CT molecular complexity index is 654. The van der Waals surface area contributed by atoms with E-state index >= 15 is 0 Å². The molecule has 0 saturated carbocycles. The van der Waals surface area contributed by atoms with Crippen LogP contribution in [0.15, 0.2) is 12.2 Å². The van der Waals surface area contributed by atoms with Gasteiger partial charge >= 0.3 is 11.9 Å². The zero-order valence-corrected chi connectivity index (χ0v) is 17.9. The molecule has 0 spiro atoms. The minimum Gasteiger partial charge on any atom is -0.480 e.